The smallest absolute Gasteiger partial charge is 0.258 e. The lowest BCUT2D eigenvalue weighted by atomic mass is 10.1. The summed E-state index contributed by atoms with van der Waals surface area (Å²) in [6.07, 6.45) is 0. The highest BCUT2D eigenvalue weighted by Gasteiger charge is 2.22. The van der Waals surface area contributed by atoms with Crippen molar-refractivity contribution < 1.29 is 15.0 Å². The molecule has 0 saturated carbocycles. The fourth-order valence-electron chi connectivity index (χ4n) is 1.26. The molecule has 0 aromatic heterocycles. The number of thiocarbonyl (C=S) groups is 1. The van der Waals surface area contributed by atoms with Crippen LogP contribution in [0.5, 0.6) is 11.5 Å². The number of rotatable bonds is 3. The molecule has 4 N–H and O–H groups in total. The van der Waals surface area contributed by atoms with E-state index in [2.05, 4.69) is 0 Å². The van der Waals surface area contributed by atoms with E-state index in [1.54, 1.807) is 6.92 Å². The quantitative estimate of drug-likeness (QED) is 0.550. The number of para-hydroxylation sites is 1. The molecule has 0 spiro atoms. The first-order valence-electron chi connectivity index (χ1n) is 4.93. The lowest BCUT2D eigenvalue weighted by Gasteiger charge is -2.24. The van der Waals surface area contributed by atoms with Gasteiger partial charge in [-0.05, 0) is 19.1 Å². The van der Waals surface area contributed by atoms with E-state index in [4.69, 9.17) is 18.0 Å². The predicted molar refractivity (Wildman–Crippen MR) is 68.1 cm³/mol. The molecule has 0 saturated heterocycles. The Labute approximate surface area is 104 Å². The number of nitrogens with zero attached hydrogens (tertiary/aromatic N) is 1. The van der Waals surface area contributed by atoms with Gasteiger partial charge in [-0.2, -0.15) is 0 Å². The molecule has 0 radical (unpaired) electrons. The predicted octanol–water partition coefficient (Wildman–Crippen LogP) is 0.844. The third-order valence-electron chi connectivity index (χ3n) is 2.56. The average Bonchev–Trinajstić information content (AvgIpc) is 2.29. The topological polar surface area (TPSA) is 86.8 Å². The molecule has 1 rings (SSSR count). The number of hydrogen-bond donors (Lipinski definition) is 3. The zero-order valence-corrected chi connectivity index (χ0v) is 10.4. The summed E-state index contributed by atoms with van der Waals surface area (Å²) in [5, 5.41) is 18.9. The van der Waals surface area contributed by atoms with Crippen molar-refractivity contribution in [2.24, 2.45) is 5.73 Å². The molecule has 1 aromatic carbocycles. The number of amides is 1. The van der Waals surface area contributed by atoms with Crippen molar-refractivity contribution in [2.75, 3.05) is 7.05 Å². The normalized spacial score (nSPS) is 11.9. The van der Waals surface area contributed by atoms with Crippen molar-refractivity contribution in [1.82, 2.24) is 4.90 Å². The van der Waals surface area contributed by atoms with Crippen molar-refractivity contribution in [3.63, 3.8) is 0 Å². The van der Waals surface area contributed by atoms with E-state index in [9.17, 15) is 15.0 Å². The third kappa shape index (κ3) is 2.65. The summed E-state index contributed by atoms with van der Waals surface area (Å²) < 4.78 is 0. The number of hydrogen-bond acceptors (Lipinski definition) is 4. The molecular weight excluding hydrogens is 240 g/mol. The van der Waals surface area contributed by atoms with Crippen LogP contribution in [-0.4, -0.2) is 39.1 Å². The Morgan fingerprint density at radius 2 is 2.06 bits per heavy atom. The second-order valence-corrected chi connectivity index (χ2v) is 4.14. The highest BCUT2D eigenvalue weighted by atomic mass is 32.1. The number of likely N-dealkylation sites (N-methyl/N-ethyl adjacent to an activating group) is 1. The summed E-state index contributed by atoms with van der Waals surface area (Å²) in [5.74, 6) is -1.24. The molecule has 0 heterocycles. The molecule has 0 fully saturated rings. The third-order valence-corrected chi connectivity index (χ3v) is 2.90. The summed E-state index contributed by atoms with van der Waals surface area (Å²) in [6, 6.07) is 3.75. The van der Waals surface area contributed by atoms with Gasteiger partial charge in [-0.15, -0.1) is 0 Å². The number of phenols is 2. The van der Waals surface area contributed by atoms with E-state index >= 15 is 0 Å². The van der Waals surface area contributed by atoms with Gasteiger partial charge in [0.05, 0.1) is 16.6 Å². The van der Waals surface area contributed by atoms with Gasteiger partial charge in [-0.1, -0.05) is 18.3 Å². The lowest BCUT2D eigenvalue weighted by molar-refractivity contribution is 0.0775. The van der Waals surface area contributed by atoms with E-state index in [1.165, 1.54) is 30.1 Å². The van der Waals surface area contributed by atoms with E-state index in [0.717, 1.165) is 0 Å². The molecule has 5 nitrogen and oxygen atoms in total. The van der Waals surface area contributed by atoms with Gasteiger partial charge in [0.15, 0.2) is 11.5 Å². The van der Waals surface area contributed by atoms with Gasteiger partial charge in [-0.25, -0.2) is 0 Å². The van der Waals surface area contributed by atoms with Crippen molar-refractivity contribution in [3.05, 3.63) is 23.8 Å². The Morgan fingerprint density at radius 1 is 1.47 bits per heavy atom. The van der Waals surface area contributed by atoms with E-state index < -0.39 is 17.7 Å². The second kappa shape index (κ2) is 5.01. The first kappa shape index (κ1) is 13.2. The molecule has 6 heteroatoms. The van der Waals surface area contributed by atoms with Crippen molar-refractivity contribution >= 4 is 23.1 Å². The number of carbonyl (C=O) groups excluding carboxylic acids is 1. The standard InChI is InChI=1S/C11H14N2O3S/c1-6(10(12)17)13(2)11(16)7-4-3-5-8(14)9(7)15/h3-6,14-15H,1-2H3,(H2,12,17). The highest BCUT2D eigenvalue weighted by molar-refractivity contribution is 7.80. The summed E-state index contributed by atoms with van der Waals surface area (Å²) in [6.45, 7) is 1.68. The summed E-state index contributed by atoms with van der Waals surface area (Å²) in [4.78, 5) is 13.5. The first-order chi connectivity index (χ1) is 7.86. The van der Waals surface area contributed by atoms with Crippen LogP contribution < -0.4 is 5.73 Å². The molecule has 0 aliphatic rings. The van der Waals surface area contributed by atoms with Crippen LogP contribution in [0.3, 0.4) is 0 Å². The number of nitrogens with two attached hydrogens (primary N) is 1. The molecule has 1 aromatic rings. The minimum Gasteiger partial charge on any atom is -0.504 e. The van der Waals surface area contributed by atoms with Gasteiger partial charge in [0, 0.05) is 7.05 Å². The number of aromatic hydroxyl groups is 2. The van der Waals surface area contributed by atoms with Crippen LogP contribution in [0.2, 0.25) is 0 Å². The van der Waals surface area contributed by atoms with Crippen LogP contribution in [0.4, 0.5) is 0 Å². The summed E-state index contributed by atoms with van der Waals surface area (Å²) in [7, 11) is 1.52. The van der Waals surface area contributed by atoms with Crippen LogP contribution in [0.15, 0.2) is 18.2 Å². The van der Waals surface area contributed by atoms with Crippen molar-refractivity contribution in [3.8, 4) is 11.5 Å². The van der Waals surface area contributed by atoms with E-state index in [1.807, 2.05) is 0 Å². The van der Waals surface area contributed by atoms with Crippen LogP contribution in [-0.2, 0) is 0 Å². The van der Waals surface area contributed by atoms with Crippen molar-refractivity contribution in [1.29, 1.82) is 0 Å². The molecular formula is C11H14N2O3S. The monoisotopic (exact) mass is 254 g/mol. The Hall–Kier alpha value is -1.82. The van der Waals surface area contributed by atoms with Crippen LogP contribution in [0, 0.1) is 0 Å². The van der Waals surface area contributed by atoms with Gasteiger partial charge in [0.1, 0.15) is 0 Å². The number of carbonyl (C=O) groups is 1. The zero-order chi connectivity index (χ0) is 13.2. The SMILES string of the molecule is CC(C(N)=S)N(C)C(=O)c1cccc(O)c1O. The van der Waals surface area contributed by atoms with Gasteiger partial charge in [-0.3, -0.25) is 4.79 Å². The fourth-order valence-corrected chi connectivity index (χ4v) is 1.42. The average molecular weight is 254 g/mol. The maximum Gasteiger partial charge on any atom is 0.258 e. The Bertz CT molecular complexity index is 462. The Morgan fingerprint density at radius 3 is 2.59 bits per heavy atom. The summed E-state index contributed by atoms with van der Waals surface area (Å²) >= 11 is 4.79. The van der Waals surface area contributed by atoms with Gasteiger partial charge >= 0.3 is 0 Å². The van der Waals surface area contributed by atoms with Crippen molar-refractivity contribution in [2.45, 2.75) is 13.0 Å². The molecule has 1 unspecified atom stereocenters. The minimum atomic E-state index is -0.460. The fraction of sp³-hybridized carbons (Fsp3) is 0.273. The number of phenolic OH excluding ortho intramolecular Hbond substituents is 2. The maximum atomic E-state index is 12.0. The molecule has 0 aliphatic carbocycles. The minimum absolute atomic E-state index is 0.00981. The Balaban J connectivity index is 3.05. The molecule has 17 heavy (non-hydrogen) atoms. The zero-order valence-electron chi connectivity index (χ0n) is 9.54. The van der Waals surface area contributed by atoms with E-state index in [-0.39, 0.29) is 16.3 Å². The van der Waals surface area contributed by atoms with E-state index in [0.29, 0.717) is 0 Å². The van der Waals surface area contributed by atoms with Gasteiger partial charge in [0.25, 0.3) is 5.91 Å². The van der Waals surface area contributed by atoms with Gasteiger partial charge in [0.2, 0.25) is 0 Å². The molecule has 0 bridgehead atoms. The molecule has 0 aliphatic heterocycles. The highest BCUT2D eigenvalue weighted by Crippen LogP contribution is 2.29. The molecule has 92 valence electrons. The van der Waals surface area contributed by atoms with Crippen LogP contribution >= 0.6 is 12.2 Å². The molecule has 1 amide bonds. The summed E-state index contributed by atoms with van der Waals surface area (Å²) in [5.41, 5.74) is 5.46. The second-order valence-electron chi connectivity index (χ2n) is 3.67. The maximum absolute atomic E-state index is 12.0. The molecule has 1 atom stereocenters. The van der Waals surface area contributed by atoms with Crippen LogP contribution in [0.25, 0.3) is 0 Å². The van der Waals surface area contributed by atoms with Gasteiger partial charge < -0.3 is 20.8 Å². The number of benzene rings is 1. The first-order valence-corrected chi connectivity index (χ1v) is 5.34. The Kier molecular flexibility index (Phi) is 3.90. The largest absolute Gasteiger partial charge is 0.504 e. The van der Waals surface area contributed by atoms with Crippen LogP contribution in [0.1, 0.15) is 17.3 Å². The lowest BCUT2D eigenvalue weighted by Crippen LogP contribution is -2.42.